The van der Waals surface area contributed by atoms with E-state index in [0.717, 1.165) is 28.6 Å². The number of likely N-dealkylation sites (N-methyl/N-ethyl adjacent to an activating group) is 1. The van der Waals surface area contributed by atoms with Crippen LogP contribution in [0, 0.1) is 0 Å². The normalized spacial score (nSPS) is 12.8. The topological polar surface area (TPSA) is 46.4 Å². The molecular formula is C26H29ClN2O2. The standard InChI is InChI=1S/C26H28N2O2.ClH/c1-27-19-25(29)26(21-10-6-3-7-11-21)28-16-14-22-18-23(12-13-24(22)28)30-17-15-20-8-4-2-5-9-20;/h2-14,16,18,25-27,29H,15,17,19H2,1H3;1H/t25-,26+;/m1./s1. The molecule has 0 amide bonds. The number of halogens is 1. The minimum Gasteiger partial charge on any atom is -0.493 e. The molecule has 0 spiro atoms. The number of fused-ring (bicyclic) bond motifs is 1. The summed E-state index contributed by atoms with van der Waals surface area (Å²) in [6, 6.07) is 28.6. The first-order chi connectivity index (χ1) is 14.8. The van der Waals surface area contributed by atoms with Crippen LogP contribution in [0.15, 0.2) is 91.1 Å². The zero-order valence-corrected chi connectivity index (χ0v) is 18.5. The van der Waals surface area contributed by atoms with Gasteiger partial charge in [-0.2, -0.15) is 0 Å². The Hall–Kier alpha value is -2.79. The molecule has 0 fully saturated rings. The lowest BCUT2D eigenvalue weighted by Gasteiger charge is -2.26. The van der Waals surface area contributed by atoms with E-state index in [9.17, 15) is 5.11 Å². The summed E-state index contributed by atoms with van der Waals surface area (Å²) in [4.78, 5) is 0. The number of aliphatic hydroxyl groups excluding tert-OH is 1. The molecule has 3 aromatic carbocycles. The summed E-state index contributed by atoms with van der Waals surface area (Å²) in [6.07, 6.45) is 2.39. The van der Waals surface area contributed by atoms with E-state index in [0.29, 0.717) is 13.2 Å². The lowest BCUT2D eigenvalue weighted by Crippen LogP contribution is -2.33. The third kappa shape index (κ3) is 5.47. The molecule has 1 aromatic heterocycles. The van der Waals surface area contributed by atoms with Crippen molar-refractivity contribution in [1.29, 1.82) is 0 Å². The van der Waals surface area contributed by atoms with Gasteiger partial charge in [0.25, 0.3) is 0 Å². The van der Waals surface area contributed by atoms with E-state index < -0.39 is 6.10 Å². The van der Waals surface area contributed by atoms with Crippen LogP contribution in [0.25, 0.3) is 10.9 Å². The van der Waals surface area contributed by atoms with Gasteiger partial charge < -0.3 is 19.7 Å². The predicted molar refractivity (Wildman–Crippen MR) is 129 cm³/mol. The van der Waals surface area contributed by atoms with E-state index in [2.05, 4.69) is 70.7 Å². The second-order valence-corrected chi connectivity index (χ2v) is 7.51. The zero-order valence-electron chi connectivity index (χ0n) is 17.6. The summed E-state index contributed by atoms with van der Waals surface area (Å²) < 4.78 is 8.14. The van der Waals surface area contributed by atoms with Crippen molar-refractivity contribution in [2.24, 2.45) is 0 Å². The van der Waals surface area contributed by atoms with Gasteiger partial charge in [-0.05, 0) is 42.4 Å². The van der Waals surface area contributed by atoms with E-state index in [-0.39, 0.29) is 18.4 Å². The van der Waals surface area contributed by atoms with Gasteiger partial charge in [0.1, 0.15) is 5.75 Å². The molecule has 162 valence electrons. The third-order valence-corrected chi connectivity index (χ3v) is 5.41. The fourth-order valence-corrected chi connectivity index (χ4v) is 3.95. The predicted octanol–water partition coefficient (Wildman–Crippen LogP) is 4.85. The van der Waals surface area contributed by atoms with Gasteiger partial charge in [-0.25, -0.2) is 0 Å². The van der Waals surface area contributed by atoms with Crippen LogP contribution in [0.3, 0.4) is 0 Å². The molecule has 0 aliphatic carbocycles. The molecule has 1 heterocycles. The minimum absolute atomic E-state index is 0. The molecule has 2 atom stereocenters. The van der Waals surface area contributed by atoms with Crippen molar-refractivity contribution >= 4 is 23.3 Å². The fraction of sp³-hybridized carbons (Fsp3) is 0.231. The number of ether oxygens (including phenoxy) is 1. The summed E-state index contributed by atoms with van der Waals surface area (Å²) in [5, 5.41) is 15.1. The lowest BCUT2D eigenvalue weighted by atomic mass is 10.0. The van der Waals surface area contributed by atoms with Crippen LogP contribution in [-0.2, 0) is 6.42 Å². The highest BCUT2D eigenvalue weighted by Crippen LogP contribution is 2.30. The Balaban J connectivity index is 0.00000272. The van der Waals surface area contributed by atoms with Crippen molar-refractivity contribution in [1.82, 2.24) is 9.88 Å². The first-order valence-electron chi connectivity index (χ1n) is 10.4. The lowest BCUT2D eigenvalue weighted by molar-refractivity contribution is 0.132. The maximum absolute atomic E-state index is 10.9. The summed E-state index contributed by atoms with van der Waals surface area (Å²) in [6.45, 7) is 1.16. The Kier molecular flexibility index (Phi) is 8.13. The molecule has 0 unspecified atom stereocenters. The van der Waals surface area contributed by atoms with Crippen molar-refractivity contribution < 1.29 is 9.84 Å². The zero-order chi connectivity index (χ0) is 20.8. The Morgan fingerprint density at radius 2 is 1.65 bits per heavy atom. The van der Waals surface area contributed by atoms with Gasteiger partial charge in [0.2, 0.25) is 0 Å². The first kappa shape index (κ1) is 22.9. The molecule has 4 aromatic rings. The van der Waals surface area contributed by atoms with E-state index in [4.69, 9.17) is 4.74 Å². The monoisotopic (exact) mass is 436 g/mol. The molecule has 0 bridgehead atoms. The Morgan fingerprint density at radius 1 is 0.935 bits per heavy atom. The highest BCUT2D eigenvalue weighted by atomic mass is 35.5. The first-order valence-corrected chi connectivity index (χ1v) is 10.4. The van der Waals surface area contributed by atoms with Gasteiger partial charge in [-0.1, -0.05) is 60.7 Å². The molecule has 0 saturated heterocycles. The highest BCUT2D eigenvalue weighted by Gasteiger charge is 2.23. The molecule has 0 aliphatic rings. The molecule has 31 heavy (non-hydrogen) atoms. The molecule has 4 nitrogen and oxygen atoms in total. The largest absolute Gasteiger partial charge is 0.493 e. The molecule has 0 aliphatic heterocycles. The van der Waals surface area contributed by atoms with Gasteiger partial charge in [0.05, 0.1) is 18.8 Å². The molecule has 4 rings (SSSR count). The molecule has 2 N–H and O–H groups in total. The van der Waals surface area contributed by atoms with E-state index >= 15 is 0 Å². The number of hydrogen-bond acceptors (Lipinski definition) is 3. The second-order valence-electron chi connectivity index (χ2n) is 7.51. The van der Waals surface area contributed by atoms with Crippen LogP contribution in [0.1, 0.15) is 17.2 Å². The van der Waals surface area contributed by atoms with Crippen molar-refractivity contribution in [3.05, 3.63) is 102 Å². The number of aromatic nitrogens is 1. The molecule has 5 heteroatoms. The Bertz CT molecular complexity index is 1070. The quantitative estimate of drug-likeness (QED) is 0.394. The average molecular weight is 437 g/mol. The summed E-state index contributed by atoms with van der Waals surface area (Å²) in [5.41, 5.74) is 3.43. The van der Waals surface area contributed by atoms with Crippen LogP contribution in [0.4, 0.5) is 0 Å². The maximum Gasteiger partial charge on any atom is 0.120 e. The Labute approximate surface area is 189 Å². The van der Waals surface area contributed by atoms with E-state index in [1.165, 1.54) is 5.56 Å². The van der Waals surface area contributed by atoms with Crippen molar-refractivity contribution in [2.75, 3.05) is 20.2 Å². The second kappa shape index (κ2) is 11.0. The van der Waals surface area contributed by atoms with E-state index in [1.807, 2.05) is 37.4 Å². The highest BCUT2D eigenvalue weighted by molar-refractivity contribution is 5.85. The number of nitrogens with one attached hydrogen (secondary N) is 1. The number of nitrogens with zero attached hydrogens (tertiary/aromatic N) is 1. The van der Waals surface area contributed by atoms with Gasteiger partial charge >= 0.3 is 0 Å². The summed E-state index contributed by atoms with van der Waals surface area (Å²) >= 11 is 0. The fourth-order valence-electron chi connectivity index (χ4n) is 3.95. The van der Waals surface area contributed by atoms with Crippen LogP contribution < -0.4 is 10.1 Å². The van der Waals surface area contributed by atoms with Gasteiger partial charge in [0.15, 0.2) is 0 Å². The SMILES string of the molecule is CNC[C@@H](O)[C@H](c1ccccc1)n1ccc2cc(OCCc3ccccc3)ccc21.Cl. The number of aliphatic hydroxyl groups is 1. The Morgan fingerprint density at radius 3 is 2.35 bits per heavy atom. The van der Waals surface area contributed by atoms with Crippen LogP contribution in [0.2, 0.25) is 0 Å². The summed E-state index contributed by atoms with van der Waals surface area (Å²) in [5.74, 6) is 0.864. The van der Waals surface area contributed by atoms with Gasteiger partial charge in [-0.3, -0.25) is 0 Å². The van der Waals surface area contributed by atoms with Crippen molar-refractivity contribution in [3.8, 4) is 5.75 Å². The number of rotatable bonds is 9. The number of hydrogen-bond donors (Lipinski definition) is 2. The number of benzene rings is 3. The van der Waals surface area contributed by atoms with Crippen LogP contribution >= 0.6 is 12.4 Å². The minimum atomic E-state index is -0.546. The molecule has 0 saturated carbocycles. The van der Waals surface area contributed by atoms with Crippen LogP contribution in [-0.4, -0.2) is 36.0 Å². The van der Waals surface area contributed by atoms with E-state index in [1.54, 1.807) is 0 Å². The molecular weight excluding hydrogens is 408 g/mol. The van der Waals surface area contributed by atoms with Gasteiger partial charge in [0, 0.05) is 30.1 Å². The smallest absolute Gasteiger partial charge is 0.120 e. The average Bonchev–Trinajstić information content (AvgIpc) is 3.19. The van der Waals surface area contributed by atoms with Crippen molar-refractivity contribution in [3.63, 3.8) is 0 Å². The third-order valence-electron chi connectivity index (χ3n) is 5.41. The maximum atomic E-state index is 10.9. The molecule has 0 radical (unpaired) electrons. The summed E-state index contributed by atoms with van der Waals surface area (Å²) in [7, 11) is 1.86. The van der Waals surface area contributed by atoms with Gasteiger partial charge in [-0.15, -0.1) is 12.4 Å². The van der Waals surface area contributed by atoms with Crippen molar-refractivity contribution in [2.45, 2.75) is 18.6 Å². The van der Waals surface area contributed by atoms with Crippen LogP contribution in [0.5, 0.6) is 5.75 Å².